The summed E-state index contributed by atoms with van der Waals surface area (Å²) in [5.41, 5.74) is 0. The van der Waals surface area contributed by atoms with Gasteiger partial charge in [0.05, 0.1) is 0 Å². The lowest BCUT2D eigenvalue weighted by Crippen LogP contribution is -2.66. The third-order valence-electron chi connectivity index (χ3n) is 5.13. The summed E-state index contributed by atoms with van der Waals surface area (Å²) in [7, 11) is 0. The average molecular weight is 294 g/mol. The van der Waals surface area contributed by atoms with E-state index in [-0.39, 0.29) is 35.9 Å². The van der Waals surface area contributed by atoms with Crippen molar-refractivity contribution in [3.05, 3.63) is 0 Å². The molecule has 4 unspecified atom stereocenters. The molecule has 4 nitrogen and oxygen atoms in total. The predicted molar refractivity (Wildman–Crippen MR) is 83.7 cm³/mol. The second-order valence-electron chi connectivity index (χ2n) is 7.17. The molecular weight excluding hydrogens is 264 g/mol. The number of hydrogen-bond acceptors (Lipinski definition) is 2. The van der Waals surface area contributed by atoms with Crippen molar-refractivity contribution in [2.24, 2.45) is 11.8 Å². The molecule has 2 fully saturated rings. The van der Waals surface area contributed by atoms with Gasteiger partial charge >= 0.3 is 0 Å². The highest BCUT2D eigenvalue weighted by Crippen LogP contribution is 2.30. The fraction of sp³-hybridized carbons (Fsp3) is 0.882. The average Bonchev–Trinajstić information content (AvgIpc) is 2.65. The van der Waals surface area contributed by atoms with E-state index < -0.39 is 0 Å². The summed E-state index contributed by atoms with van der Waals surface area (Å²) in [6.45, 7) is 8.30. The van der Waals surface area contributed by atoms with Gasteiger partial charge in [0.2, 0.25) is 11.8 Å². The van der Waals surface area contributed by atoms with Gasteiger partial charge in [-0.3, -0.25) is 9.59 Å². The quantitative estimate of drug-likeness (QED) is 0.814. The summed E-state index contributed by atoms with van der Waals surface area (Å²) >= 11 is 0. The maximum absolute atomic E-state index is 12.9. The molecule has 0 aromatic rings. The Bertz CT molecular complexity index is 394. The maximum Gasteiger partial charge on any atom is 0.246 e. The number of carbonyl (C=O) groups is 2. The van der Waals surface area contributed by atoms with Crippen molar-refractivity contribution < 1.29 is 9.59 Å². The Balaban J connectivity index is 2.22. The molecule has 4 heteroatoms. The van der Waals surface area contributed by atoms with E-state index in [1.54, 1.807) is 0 Å². The van der Waals surface area contributed by atoms with E-state index in [0.717, 1.165) is 18.8 Å². The largest absolute Gasteiger partial charge is 0.342 e. The van der Waals surface area contributed by atoms with E-state index in [9.17, 15) is 9.59 Å². The van der Waals surface area contributed by atoms with Gasteiger partial charge in [-0.1, -0.05) is 40.5 Å². The zero-order valence-corrected chi connectivity index (χ0v) is 13.9. The molecule has 2 rings (SSSR count). The van der Waals surface area contributed by atoms with Crippen LogP contribution in [0.15, 0.2) is 0 Å². The van der Waals surface area contributed by atoms with Crippen LogP contribution >= 0.6 is 0 Å². The van der Waals surface area contributed by atoms with Crippen molar-refractivity contribution in [3.8, 4) is 0 Å². The first-order valence-electron chi connectivity index (χ1n) is 8.58. The van der Waals surface area contributed by atoms with Crippen LogP contribution in [0.25, 0.3) is 0 Å². The second kappa shape index (κ2) is 6.80. The highest BCUT2D eigenvalue weighted by atomic mass is 16.2. The van der Waals surface area contributed by atoms with Crippen LogP contribution in [-0.2, 0) is 9.59 Å². The molecule has 21 heavy (non-hydrogen) atoms. The van der Waals surface area contributed by atoms with Crippen LogP contribution in [0.5, 0.6) is 0 Å². The van der Waals surface area contributed by atoms with Crippen molar-refractivity contribution >= 4 is 11.8 Å². The Morgan fingerprint density at radius 3 is 2.52 bits per heavy atom. The number of rotatable bonds is 3. The Labute approximate surface area is 128 Å². The number of nitrogens with zero attached hydrogens (tertiary/aromatic N) is 1. The van der Waals surface area contributed by atoms with Crippen LogP contribution in [0, 0.1) is 11.8 Å². The molecule has 1 saturated heterocycles. The number of amides is 2. The van der Waals surface area contributed by atoms with Crippen LogP contribution < -0.4 is 5.32 Å². The molecule has 1 aliphatic carbocycles. The van der Waals surface area contributed by atoms with Crippen molar-refractivity contribution in [2.45, 2.75) is 84.3 Å². The van der Waals surface area contributed by atoms with Crippen LogP contribution in [0.1, 0.15) is 66.2 Å². The number of carbonyl (C=O) groups excluding carboxylic acids is 2. The molecule has 0 spiro atoms. The van der Waals surface area contributed by atoms with Crippen LogP contribution in [0.4, 0.5) is 0 Å². The first kappa shape index (κ1) is 16.3. The van der Waals surface area contributed by atoms with Crippen molar-refractivity contribution in [3.63, 3.8) is 0 Å². The standard InChI is InChI=1S/C17H30N2O2/c1-5-14-16(20)18-15(11(2)3)17(21)19(14)13-8-6-7-12(4)9-10-13/h11-15H,5-10H2,1-4H3,(H,18,20). The smallest absolute Gasteiger partial charge is 0.246 e. The molecule has 0 bridgehead atoms. The van der Waals surface area contributed by atoms with Crippen molar-refractivity contribution in [2.75, 3.05) is 0 Å². The fourth-order valence-electron chi connectivity index (χ4n) is 3.77. The molecule has 1 heterocycles. The van der Waals surface area contributed by atoms with Gasteiger partial charge in [-0.05, 0) is 37.5 Å². The van der Waals surface area contributed by atoms with E-state index in [4.69, 9.17) is 0 Å². The Hall–Kier alpha value is -1.06. The van der Waals surface area contributed by atoms with Gasteiger partial charge in [0, 0.05) is 6.04 Å². The molecule has 1 aliphatic heterocycles. The normalized spacial score (nSPS) is 34.8. The zero-order chi connectivity index (χ0) is 15.6. The van der Waals surface area contributed by atoms with E-state index in [1.807, 2.05) is 25.7 Å². The third-order valence-corrected chi connectivity index (χ3v) is 5.13. The van der Waals surface area contributed by atoms with Crippen molar-refractivity contribution in [1.29, 1.82) is 0 Å². The van der Waals surface area contributed by atoms with Gasteiger partial charge in [-0.25, -0.2) is 0 Å². The minimum Gasteiger partial charge on any atom is -0.342 e. The second-order valence-corrected chi connectivity index (χ2v) is 7.17. The van der Waals surface area contributed by atoms with Gasteiger partial charge in [0.25, 0.3) is 0 Å². The van der Waals surface area contributed by atoms with E-state index in [0.29, 0.717) is 6.42 Å². The minimum atomic E-state index is -0.346. The van der Waals surface area contributed by atoms with Gasteiger partial charge in [0.15, 0.2) is 0 Å². The van der Waals surface area contributed by atoms with Gasteiger partial charge in [0.1, 0.15) is 12.1 Å². The minimum absolute atomic E-state index is 0.0353. The van der Waals surface area contributed by atoms with Crippen LogP contribution in [0.2, 0.25) is 0 Å². The summed E-state index contributed by atoms with van der Waals surface area (Å²) in [5, 5.41) is 2.93. The summed E-state index contributed by atoms with van der Waals surface area (Å²) in [6.07, 6.45) is 6.37. The molecule has 2 aliphatic rings. The lowest BCUT2D eigenvalue weighted by atomic mass is 9.93. The topological polar surface area (TPSA) is 49.4 Å². The van der Waals surface area contributed by atoms with Gasteiger partial charge in [-0.15, -0.1) is 0 Å². The van der Waals surface area contributed by atoms with E-state index >= 15 is 0 Å². The Morgan fingerprint density at radius 2 is 1.90 bits per heavy atom. The maximum atomic E-state index is 12.9. The van der Waals surface area contributed by atoms with E-state index in [2.05, 4.69) is 12.2 Å². The lowest BCUT2D eigenvalue weighted by Gasteiger charge is -2.44. The predicted octanol–water partition coefficient (Wildman–Crippen LogP) is 2.72. The number of hydrogen-bond donors (Lipinski definition) is 1. The first-order valence-corrected chi connectivity index (χ1v) is 8.58. The number of nitrogens with one attached hydrogen (secondary N) is 1. The molecule has 0 aromatic heterocycles. The molecule has 0 aromatic carbocycles. The summed E-state index contributed by atoms with van der Waals surface area (Å²) in [6, 6.07) is -0.369. The third kappa shape index (κ3) is 3.41. The highest BCUT2D eigenvalue weighted by molar-refractivity contribution is 5.97. The summed E-state index contributed by atoms with van der Waals surface area (Å²) < 4.78 is 0. The van der Waals surface area contributed by atoms with Gasteiger partial charge in [-0.2, -0.15) is 0 Å². The van der Waals surface area contributed by atoms with E-state index in [1.165, 1.54) is 19.3 Å². The molecule has 4 atom stereocenters. The highest BCUT2D eigenvalue weighted by Gasteiger charge is 2.43. The van der Waals surface area contributed by atoms with Crippen LogP contribution in [0.3, 0.4) is 0 Å². The molecule has 120 valence electrons. The number of piperazine rings is 1. The first-order chi connectivity index (χ1) is 9.95. The lowest BCUT2D eigenvalue weighted by molar-refractivity contribution is -0.154. The molecular formula is C17H30N2O2. The molecule has 1 saturated carbocycles. The fourth-order valence-corrected chi connectivity index (χ4v) is 3.77. The monoisotopic (exact) mass is 294 g/mol. The Kier molecular flexibility index (Phi) is 5.28. The van der Waals surface area contributed by atoms with Crippen LogP contribution in [-0.4, -0.2) is 34.8 Å². The van der Waals surface area contributed by atoms with Gasteiger partial charge < -0.3 is 10.2 Å². The molecule has 2 amide bonds. The molecule has 1 N–H and O–H groups in total. The van der Waals surface area contributed by atoms with Crippen molar-refractivity contribution in [1.82, 2.24) is 10.2 Å². The SMILES string of the molecule is CCC1C(=O)NC(C(C)C)C(=O)N1C1CCCC(C)CC1. The molecule has 0 radical (unpaired) electrons. The summed E-state index contributed by atoms with van der Waals surface area (Å²) in [4.78, 5) is 27.2. The summed E-state index contributed by atoms with van der Waals surface area (Å²) in [5.74, 6) is 1.06. The zero-order valence-electron chi connectivity index (χ0n) is 13.9. The Morgan fingerprint density at radius 1 is 1.19 bits per heavy atom.